The number of rotatable bonds is 4. The number of para-hydroxylation sites is 2. The van der Waals surface area contributed by atoms with Gasteiger partial charge in [0, 0.05) is 31.5 Å². The zero-order valence-electron chi connectivity index (χ0n) is 17.5. The van der Waals surface area contributed by atoms with E-state index in [-0.39, 0.29) is 18.4 Å². The number of aryl methyl sites for hydroxylation is 1. The van der Waals surface area contributed by atoms with E-state index in [1.807, 2.05) is 31.3 Å². The molecule has 0 saturated carbocycles. The van der Waals surface area contributed by atoms with Gasteiger partial charge in [0.05, 0.1) is 11.7 Å². The third-order valence-corrected chi connectivity index (χ3v) is 6.54. The van der Waals surface area contributed by atoms with Gasteiger partial charge in [0.15, 0.2) is 11.5 Å². The highest BCUT2D eigenvalue weighted by molar-refractivity contribution is 7.11. The summed E-state index contributed by atoms with van der Waals surface area (Å²) in [6.07, 6.45) is 3.42. The van der Waals surface area contributed by atoms with Crippen molar-refractivity contribution >= 4 is 23.2 Å². The molecule has 1 N–H and O–H groups in total. The molecule has 9 heteroatoms. The predicted octanol–water partition coefficient (Wildman–Crippen LogP) is 2.50. The van der Waals surface area contributed by atoms with E-state index in [0.29, 0.717) is 42.4 Å². The highest BCUT2D eigenvalue weighted by Gasteiger charge is 2.33. The number of nitrogens with zero attached hydrogens (tertiary/aromatic N) is 3. The van der Waals surface area contributed by atoms with Crippen molar-refractivity contribution in [3.8, 4) is 11.5 Å². The van der Waals surface area contributed by atoms with Gasteiger partial charge >= 0.3 is 0 Å². The summed E-state index contributed by atoms with van der Waals surface area (Å²) in [7, 11) is 0. The van der Waals surface area contributed by atoms with Crippen LogP contribution in [0.5, 0.6) is 11.5 Å². The Kier molecular flexibility index (Phi) is 5.48. The molecular weight excluding hydrogens is 428 g/mol. The summed E-state index contributed by atoms with van der Waals surface area (Å²) in [6.45, 7) is 3.56. The molecule has 0 bridgehead atoms. The van der Waals surface area contributed by atoms with E-state index >= 15 is 0 Å². The molecule has 4 heterocycles. The summed E-state index contributed by atoms with van der Waals surface area (Å²) in [5.41, 5.74) is 5.68. The van der Waals surface area contributed by atoms with Gasteiger partial charge in [0.1, 0.15) is 11.5 Å². The quantitative estimate of drug-likeness (QED) is 0.657. The fourth-order valence-corrected chi connectivity index (χ4v) is 4.61. The molecule has 5 rings (SSSR count). The van der Waals surface area contributed by atoms with Crippen LogP contribution in [0.2, 0.25) is 0 Å². The number of pyridine rings is 1. The fraction of sp³-hybridized carbons (Fsp3) is 0.304. The first-order chi connectivity index (χ1) is 15.6. The summed E-state index contributed by atoms with van der Waals surface area (Å²) in [5, 5.41) is 2.96. The summed E-state index contributed by atoms with van der Waals surface area (Å²) in [5.74, 6) is 1.01. The van der Waals surface area contributed by atoms with E-state index in [1.54, 1.807) is 22.7 Å². The first kappa shape index (κ1) is 20.4. The normalized spacial score (nSPS) is 16.9. The van der Waals surface area contributed by atoms with Crippen LogP contribution in [0, 0.1) is 6.92 Å². The molecule has 3 aromatic rings. The van der Waals surface area contributed by atoms with Crippen LogP contribution in [0.15, 0.2) is 42.2 Å². The average Bonchev–Trinajstić information content (AvgIpc) is 3.37. The number of nitrogens with one attached hydrogen (secondary N) is 1. The van der Waals surface area contributed by atoms with Crippen LogP contribution < -0.4 is 14.8 Å². The van der Waals surface area contributed by atoms with Gasteiger partial charge in [-0.15, -0.1) is 11.3 Å². The van der Waals surface area contributed by atoms with E-state index in [2.05, 4.69) is 15.3 Å². The Hall–Kier alpha value is -3.46. The van der Waals surface area contributed by atoms with E-state index < -0.39 is 6.10 Å². The standard InChI is InChI=1S/C23H22N4O4S/c1-14-17(9-26-22(28)21-10-24-13-32-21)16-6-7-27(11-15(16)8-25-14)23(29)20-12-30-18-4-2-3-5-19(18)31-20/h2-5,8,10,13,20H,6-7,9,11-12H2,1H3,(H,26,28). The maximum absolute atomic E-state index is 13.1. The first-order valence-corrected chi connectivity index (χ1v) is 11.3. The number of carbonyl (C=O) groups is 2. The van der Waals surface area contributed by atoms with Crippen LogP contribution in [0.4, 0.5) is 0 Å². The second-order valence-corrected chi connectivity index (χ2v) is 8.63. The second-order valence-electron chi connectivity index (χ2n) is 7.75. The number of amides is 2. The van der Waals surface area contributed by atoms with Crippen molar-refractivity contribution in [2.75, 3.05) is 13.2 Å². The lowest BCUT2D eigenvalue weighted by Gasteiger charge is -2.34. The van der Waals surface area contributed by atoms with Gasteiger partial charge in [-0.2, -0.15) is 0 Å². The van der Waals surface area contributed by atoms with Crippen molar-refractivity contribution < 1.29 is 19.1 Å². The van der Waals surface area contributed by atoms with Crippen LogP contribution in [-0.2, 0) is 24.3 Å². The van der Waals surface area contributed by atoms with Gasteiger partial charge < -0.3 is 19.7 Å². The number of thiazole rings is 1. The van der Waals surface area contributed by atoms with Crippen LogP contribution in [0.25, 0.3) is 0 Å². The molecule has 0 spiro atoms. The SMILES string of the molecule is Cc1ncc2c(c1CNC(=O)c1cncs1)CCN(C(=O)C1COc3ccccc3O1)C2. The Morgan fingerprint density at radius 2 is 2.09 bits per heavy atom. The highest BCUT2D eigenvalue weighted by atomic mass is 32.1. The van der Waals surface area contributed by atoms with Gasteiger partial charge in [-0.05, 0) is 42.2 Å². The Labute approximate surface area is 189 Å². The smallest absolute Gasteiger partial charge is 0.267 e. The van der Waals surface area contributed by atoms with Gasteiger partial charge in [-0.1, -0.05) is 12.1 Å². The maximum atomic E-state index is 13.1. The molecule has 8 nitrogen and oxygen atoms in total. The average molecular weight is 451 g/mol. The van der Waals surface area contributed by atoms with Crippen molar-refractivity contribution in [1.29, 1.82) is 0 Å². The molecular formula is C23H22N4O4S. The van der Waals surface area contributed by atoms with Gasteiger partial charge in [0.25, 0.3) is 11.8 Å². The van der Waals surface area contributed by atoms with Crippen molar-refractivity contribution in [2.24, 2.45) is 0 Å². The number of benzene rings is 1. The molecule has 0 saturated heterocycles. The van der Waals surface area contributed by atoms with Crippen LogP contribution >= 0.6 is 11.3 Å². The largest absolute Gasteiger partial charge is 0.485 e. The lowest BCUT2D eigenvalue weighted by Crippen LogP contribution is -2.48. The Balaban J connectivity index is 1.28. The highest BCUT2D eigenvalue weighted by Crippen LogP contribution is 2.32. The topological polar surface area (TPSA) is 93.7 Å². The Morgan fingerprint density at radius 1 is 1.25 bits per heavy atom. The molecule has 0 aliphatic carbocycles. The van der Waals surface area contributed by atoms with Crippen molar-refractivity contribution in [3.05, 3.63) is 69.4 Å². The van der Waals surface area contributed by atoms with Crippen molar-refractivity contribution in [3.63, 3.8) is 0 Å². The van der Waals surface area contributed by atoms with E-state index in [1.165, 1.54) is 11.3 Å². The monoisotopic (exact) mass is 450 g/mol. The molecule has 0 fully saturated rings. The minimum atomic E-state index is -0.664. The summed E-state index contributed by atoms with van der Waals surface area (Å²) < 4.78 is 11.6. The van der Waals surface area contributed by atoms with E-state index in [4.69, 9.17) is 9.47 Å². The van der Waals surface area contributed by atoms with E-state index in [0.717, 1.165) is 22.4 Å². The second kappa shape index (κ2) is 8.58. The molecule has 1 atom stereocenters. The molecule has 164 valence electrons. The molecule has 1 unspecified atom stereocenters. The lowest BCUT2D eigenvalue weighted by atomic mass is 9.94. The van der Waals surface area contributed by atoms with Gasteiger partial charge in [0.2, 0.25) is 6.10 Å². The van der Waals surface area contributed by atoms with Crippen LogP contribution in [0.1, 0.15) is 32.1 Å². The molecule has 1 aromatic carbocycles. The summed E-state index contributed by atoms with van der Waals surface area (Å²) in [4.78, 5) is 36.3. The third-order valence-electron chi connectivity index (χ3n) is 5.77. The van der Waals surface area contributed by atoms with Crippen LogP contribution in [-0.4, -0.2) is 45.9 Å². The Morgan fingerprint density at radius 3 is 2.91 bits per heavy atom. The third kappa shape index (κ3) is 3.91. The molecule has 2 aliphatic heterocycles. The number of carbonyl (C=O) groups excluding carboxylic acids is 2. The Bertz CT molecular complexity index is 1160. The number of fused-ring (bicyclic) bond motifs is 2. The predicted molar refractivity (Wildman–Crippen MR) is 118 cm³/mol. The van der Waals surface area contributed by atoms with E-state index in [9.17, 15) is 9.59 Å². The lowest BCUT2D eigenvalue weighted by molar-refractivity contribution is -0.142. The van der Waals surface area contributed by atoms with Gasteiger partial charge in [-0.25, -0.2) is 0 Å². The molecule has 2 aromatic heterocycles. The van der Waals surface area contributed by atoms with Crippen molar-refractivity contribution in [1.82, 2.24) is 20.2 Å². The summed E-state index contributed by atoms with van der Waals surface area (Å²) in [6, 6.07) is 7.37. The number of hydrogen-bond acceptors (Lipinski definition) is 7. The zero-order chi connectivity index (χ0) is 22.1. The number of aromatic nitrogens is 2. The molecule has 2 aliphatic rings. The molecule has 32 heavy (non-hydrogen) atoms. The first-order valence-electron chi connectivity index (χ1n) is 10.4. The number of hydrogen-bond donors (Lipinski definition) is 1. The minimum absolute atomic E-state index is 0.0919. The number of ether oxygens (including phenoxy) is 2. The van der Waals surface area contributed by atoms with Gasteiger partial charge in [-0.3, -0.25) is 19.6 Å². The maximum Gasteiger partial charge on any atom is 0.267 e. The summed E-state index contributed by atoms with van der Waals surface area (Å²) >= 11 is 1.31. The molecule has 0 radical (unpaired) electrons. The van der Waals surface area contributed by atoms with Crippen LogP contribution in [0.3, 0.4) is 0 Å². The fourth-order valence-electron chi connectivity index (χ4n) is 4.07. The zero-order valence-corrected chi connectivity index (χ0v) is 18.4. The minimum Gasteiger partial charge on any atom is -0.485 e. The van der Waals surface area contributed by atoms with Crippen molar-refractivity contribution in [2.45, 2.75) is 32.5 Å². The molecule has 2 amide bonds.